The van der Waals surface area contributed by atoms with Crippen molar-refractivity contribution >= 4 is 5.95 Å². The van der Waals surface area contributed by atoms with E-state index in [1.54, 1.807) is 0 Å². The van der Waals surface area contributed by atoms with Crippen molar-refractivity contribution in [2.75, 3.05) is 18.0 Å². The maximum atomic E-state index is 6.19. The van der Waals surface area contributed by atoms with Crippen LogP contribution in [0.5, 0.6) is 0 Å². The van der Waals surface area contributed by atoms with Crippen molar-refractivity contribution in [3.05, 3.63) is 5.89 Å². The number of nitrogens with two attached hydrogens (primary N) is 1. The number of aromatic nitrogens is 2. The molecule has 1 saturated heterocycles. The zero-order valence-electron chi connectivity index (χ0n) is 10.3. The molecule has 5 heteroatoms. The van der Waals surface area contributed by atoms with Crippen molar-refractivity contribution in [1.82, 2.24) is 10.1 Å². The SMILES string of the molecule is CCCc1nc(N2C[C@H](C3CC3)[C@@H](N)C2)no1. The molecule has 0 radical (unpaired) electrons. The molecular weight excluding hydrogens is 216 g/mol. The van der Waals surface area contributed by atoms with Gasteiger partial charge >= 0.3 is 0 Å². The van der Waals surface area contributed by atoms with E-state index in [-0.39, 0.29) is 6.04 Å². The second-order valence-corrected chi connectivity index (χ2v) is 5.31. The number of hydrogen-bond donors (Lipinski definition) is 1. The summed E-state index contributed by atoms with van der Waals surface area (Å²) in [6.07, 6.45) is 4.59. The molecule has 3 rings (SSSR count). The third kappa shape index (κ3) is 2.16. The van der Waals surface area contributed by atoms with Gasteiger partial charge in [0.2, 0.25) is 5.89 Å². The predicted octanol–water partition coefficient (Wildman–Crippen LogP) is 1.20. The Hall–Kier alpha value is -1.10. The summed E-state index contributed by atoms with van der Waals surface area (Å²) in [7, 11) is 0. The monoisotopic (exact) mass is 236 g/mol. The van der Waals surface area contributed by atoms with Crippen LogP contribution < -0.4 is 10.6 Å². The van der Waals surface area contributed by atoms with Crippen LogP contribution in [0.25, 0.3) is 0 Å². The minimum Gasteiger partial charge on any atom is -0.337 e. The van der Waals surface area contributed by atoms with Gasteiger partial charge in [0.1, 0.15) is 0 Å². The lowest BCUT2D eigenvalue weighted by Gasteiger charge is -2.12. The Morgan fingerprint density at radius 3 is 2.94 bits per heavy atom. The van der Waals surface area contributed by atoms with E-state index in [0.717, 1.165) is 43.7 Å². The van der Waals surface area contributed by atoms with Gasteiger partial charge in [-0.3, -0.25) is 0 Å². The molecule has 0 aromatic carbocycles. The van der Waals surface area contributed by atoms with Crippen LogP contribution in [-0.4, -0.2) is 29.3 Å². The summed E-state index contributed by atoms with van der Waals surface area (Å²) in [5.74, 6) is 2.94. The minimum absolute atomic E-state index is 0.274. The molecular formula is C12H20N4O. The number of aryl methyl sites for hydroxylation is 1. The molecule has 17 heavy (non-hydrogen) atoms. The Bertz CT molecular complexity index is 388. The Morgan fingerprint density at radius 1 is 1.41 bits per heavy atom. The highest BCUT2D eigenvalue weighted by Crippen LogP contribution is 2.41. The second kappa shape index (κ2) is 4.29. The average molecular weight is 236 g/mol. The molecule has 0 spiro atoms. The molecule has 1 saturated carbocycles. The lowest BCUT2D eigenvalue weighted by Crippen LogP contribution is -2.30. The Labute approximate surface area is 101 Å². The normalized spacial score (nSPS) is 28.9. The molecule has 2 heterocycles. The van der Waals surface area contributed by atoms with Crippen molar-refractivity contribution < 1.29 is 4.52 Å². The van der Waals surface area contributed by atoms with E-state index in [1.165, 1.54) is 12.8 Å². The molecule has 0 unspecified atom stereocenters. The third-order valence-corrected chi connectivity index (χ3v) is 3.84. The molecule has 2 N–H and O–H groups in total. The molecule has 2 atom stereocenters. The zero-order valence-corrected chi connectivity index (χ0v) is 10.3. The van der Waals surface area contributed by atoms with Crippen LogP contribution >= 0.6 is 0 Å². The first-order valence-corrected chi connectivity index (χ1v) is 6.61. The minimum atomic E-state index is 0.274. The molecule has 1 aromatic heterocycles. The van der Waals surface area contributed by atoms with Gasteiger partial charge in [-0.1, -0.05) is 6.92 Å². The van der Waals surface area contributed by atoms with E-state index in [0.29, 0.717) is 5.92 Å². The van der Waals surface area contributed by atoms with Crippen LogP contribution in [0.2, 0.25) is 0 Å². The Morgan fingerprint density at radius 2 is 2.24 bits per heavy atom. The maximum Gasteiger partial charge on any atom is 0.266 e. The fraction of sp³-hybridized carbons (Fsp3) is 0.833. The zero-order chi connectivity index (χ0) is 11.8. The van der Waals surface area contributed by atoms with Crippen molar-refractivity contribution in [2.45, 2.75) is 38.6 Å². The Kier molecular flexibility index (Phi) is 2.78. The summed E-state index contributed by atoms with van der Waals surface area (Å²) in [6, 6.07) is 0.274. The summed E-state index contributed by atoms with van der Waals surface area (Å²) < 4.78 is 5.22. The van der Waals surface area contributed by atoms with Crippen LogP contribution in [0.3, 0.4) is 0 Å². The molecule has 94 valence electrons. The first-order chi connectivity index (χ1) is 8.28. The van der Waals surface area contributed by atoms with Gasteiger partial charge in [0.05, 0.1) is 0 Å². The smallest absolute Gasteiger partial charge is 0.266 e. The van der Waals surface area contributed by atoms with E-state index < -0.39 is 0 Å². The standard InChI is InChI=1S/C12H20N4O/c1-2-3-11-14-12(15-17-11)16-6-9(8-4-5-8)10(13)7-16/h8-10H,2-7,13H2,1H3/t9-,10+/m1/s1. The van der Waals surface area contributed by atoms with E-state index in [2.05, 4.69) is 22.0 Å². The number of anilines is 1. The quantitative estimate of drug-likeness (QED) is 0.850. The summed E-state index contributed by atoms with van der Waals surface area (Å²) in [5.41, 5.74) is 6.19. The van der Waals surface area contributed by atoms with E-state index in [9.17, 15) is 0 Å². The van der Waals surface area contributed by atoms with Gasteiger partial charge in [-0.15, -0.1) is 0 Å². The van der Waals surface area contributed by atoms with Gasteiger partial charge in [-0.2, -0.15) is 4.98 Å². The van der Waals surface area contributed by atoms with Crippen LogP contribution in [0.1, 0.15) is 32.1 Å². The lowest BCUT2D eigenvalue weighted by atomic mass is 9.99. The van der Waals surface area contributed by atoms with Crippen LogP contribution in [0.4, 0.5) is 5.95 Å². The molecule has 2 aliphatic rings. The molecule has 1 aliphatic heterocycles. The second-order valence-electron chi connectivity index (χ2n) is 5.31. The van der Waals surface area contributed by atoms with E-state index in [4.69, 9.17) is 10.3 Å². The van der Waals surface area contributed by atoms with Gasteiger partial charge < -0.3 is 15.2 Å². The summed E-state index contributed by atoms with van der Waals surface area (Å²) in [4.78, 5) is 6.60. The molecule has 1 aromatic rings. The predicted molar refractivity (Wildman–Crippen MR) is 64.7 cm³/mol. The van der Waals surface area contributed by atoms with Gasteiger partial charge in [0.25, 0.3) is 5.95 Å². The first kappa shape index (κ1) is 11.0. The Balaban J connectivity index is 1.67. The van der Waals surface area contributed by atoms with Crippen molar-refractivity contribution in [2.24, 2.45) is 17.6 Å². The van der Waals surface area contributed by atoms with Gasteiger partial charge in [-0.25, -0.2) is 0 Å². The fourth-order valence-electron chi connectivity index (χ4n) is 2.73. The number of rotatable bonds is 4. The molecule has 5 nitrogen and oxygen atoms in total. The largest absolute Gasteiger partial charge is 0.337 e. The summed E-state index contributed by atoms with van der Waals surface area (Å²) in [5, 5.41) is 4.05. The van der Waals surface area contributed by atoms with Crippen LogP contribution in [-0.2, 0) is 6.42 Å². The highest BCUT2D eigenvalue weighted by atomic mass is 16.5. The lowest BCUT2D eigenvalue weighted by molar-refractivity contribution is 0.376. The summed E-state index contributed by atoms with van der Waals surface area (Å²) in [6.45, 7) is 3.97. The van der Waals surface area contributed by atoms with Gasteiger partial charge in [-0.05, 0) is 36.3 Å². The first-order valence-electron chi connectivity index (χ1n) is 6.61. The summed E-state index contributed by atoms with van der Waals surface area (Å²) >= 11 is 0. The van der Waals surface area contributed by atoms with Crippen molar-refractivity contribution in [1.29, 1.82) is 0 Å². The molecule has 0 bridgehead atoms. The van der Waals surface area contributed by atoms with Crippen molar-refractivity contribution in [3.8, 4) is 0 Å². The number of nitrogens with zero attached hydrogens (tertiary/aromatic N) is 3. The molecule has 0 amide bonds. The van der Waals surface area contributed by atoms with Crippen molar-refractivity contribution in [3.63, 3.8) is 0 Å². The maximum absolute atomic E-state index is 6.19. The molecule has 1 aliphatic carbocycles. The highest BCUT2D eigenvalue weighted by Gasteiger charge is 2.41. The fourth-order valence-corrected chi connectivity index (χ4v) is 2.73. The van der Waals surface area contributed by atoms with Gasteiger partial charge in [0.15, 0.2) is 0 Å². The highest BCUT2D eigenvalue weighted by molar-refractivity contribution is 5.31. The van der Waals surface area contributed by atoms with E-state index in [1.807, 2.05) is 0 Å². The third-order valence-electron chi connectivity index (χ3n) is 3.84. The van der Waals surface area contributed by atoms with Crippen LogP contribution in [0.15, 0.2) is 4.52 Å². The van der Waals surface area contributed by atoms with Gasteiger partial charge in [0, 0.05) is 25.6 Å². The average Bonchev–Trinajstić information content (AvgIpc) is 2.92. The topological polar surface area (TPSA) is 68.2 Å². The van der Waals surface area contributed by atoms with Crippen LogP contribution in [0, 0.1) is 11.8 Å². The number of hydrogen-bond acceptors (Lipinski definition) is 5. The van der Waals surface area contributed by atoms with E-state index >= 15 is 0 Å². The molecule has 2 fully saturated rings.